The maximum absolute atomic E-state index is 14.8. The molecule has 4 rings (SSSR count). The maximum atomic E-state index is 14.8. The third kappa shape index (κ3) is 4.66. The van der Waals surface area contributed by atoms with Crippen molar-refractivity contribution in [3.8, 4) is 5.75 Å². The van der Waals surface area contributed by atoms with Crippen LogP contribution in [0.4, 0.5) is 24.5 Å². The Morgan fingerprint density at radius 3 is 2.08 bits per heavy atom. The lowest BCUT2D eigenvalue weighted by molar-refractivity contribution is -0.139. The monoisotopic (exact) mass is 517 g/mol. The summed E-state index contributed by atoms with van der Waals surface area (Å²) in [5, 5.41) is 7.95. The number of aryl methyl sites for hydroxylation is 1. The Kier molecular flexibility index (Phi) is 6.76. The van der Waals surface area contributed by atoms with Crippen LogP contribution in [0.5, 0.6) is 5.75 Å². The number of ether oxygens (including phenoxy) is 1. The predicted molar refractivity (Wildman–Crippen MR) is 134 cm³/mol. The highest BCUT2D eigenvalue weighted by atomic mass is 32.2. The molecule has 1 aliphatic rings. The van der Waals surface area contributed by atoms with Crippen LogP contribution in [0.1, 0.15) is 24.5 Å². The van der Waals surface area contributed by atoms with Crippen molar-refractivity contribution in [2.45, 2.75) is 37.4 Å². The van der Waals surface area contributed by atoms with Crippen LogP contribution in [-0.2, 0) is 10.0 Å². The molecule has 0 radical (unpaired) electrons. The smallest absolute Gasteiger partial charge is 0.414 e. The Morgan fingerprint density at radius 2 is 1.58 bits per heavy atom. The van der Waals surface area contributed by atoms with E-state index in [9.17, 15) is 21.6 Å². The van der Waals surface area contributed by atoms with E-state index >= 15 is 0 Å². The Hall–Kier alpha value is -3.50. The summed E-state index contributed by atoms with van der Waals surface area (Å²) in [5.41, 5.74) is 2.52. The zero-order valence-corrected chi connectivity index (χ0v) is 20.8. The van der Waals surface area contributed by atoms with Crippen LogP contribution in [0.15, 0.2) is 83.3 Å². The summed E-state index contributed by atoms with van der Waals surface area (Å²) in [4.78, 5) is -0.134. The summed E-state index contributed by atoms with van der Waals surface area (Å²) >= 11 is 0. The van der Waals surface area contributed by atoms with Crippen molar-refractivity contribution in [1.29, 1.82) is 0 Å². The highest BCUT2D eigenvalue weighted by Gasteiger charge is 2.53. The number of sulfonamides is 1. The lowest BCUT2D eigenvalue weighted by Crippen LogP contribution is -2.50. The number of nitrogens with two attached hydrogens (primary N) is 1. The Morgan fingerprint density at radius 1 is 0.972 bits per heavy atom. The average Bonchev–Trinajstić information content (AvgIpc) is 3.20. The van der Waals surface area contributed by atoms with Crippen molar-refractivity contribution in [1.82, 2.24) is 0 Å². The third-order valence-corrected chi connectivity index (χ3v) is 7.03. The van der Waals surface area contributed by atoms with Gasteiger partial charge >= 0.3 is 6.18 Å². The molecule has 0 amide bonds. The number of rotatable bonds is 6. The molecular weight excluding hydrogens is 491 g/mol. The fourth-order valence-electron chi connectivity index (χ4n) is 4.54. The van der Waals surface area contributed by atoms with E-state index in [4.69, 9.17) is 9.88 Å². The molecule has 6 nitrogen and oxygen atoms in total. The van der Waals surface area contributed by atoms with Gasteiger partial charge in [-0.3, -0.25) is 10.0 Å². The molecule has 0 fully saturated rings. The van der Waals surface area contributed by atoms with E-state index in [-0.39, 0.29) is 16.9 Å². The van der Waals surface area contributed by atoms with E-state index in [0.717, 1.165) is 0 Å². The van der Waals surface area contributed by atoms with Gasteiger partial charge in [-0.25, -0.2) is 13.6 Å². The molecule has 2 N–H and O–H groups in total. The largest absolute Gasteiger partial charge is 0.496 e. The van der Waals surface area contributed by atoms with Crippen LogP contribution in [0, 0.1) is 6.92 Å². The molecule has 0 spiro atoms. The fraction of sp³-hybridized carbons (Fsp3) is 0.231. The lowest BCUT2D eigenvalue weighted by Gasteiger charge is -2.38. The second-order valence-corrected chi connectivity index (χ2v) is 9.95. The molecule has 1 unspecified atom stereocenters. The maximum Gasteiger partial charge on any atom is 0.414 e. The number of benzene rings is 3. The number of halogens is 3. The second-order valence-electron chi connectivity index (χ2n) is 8.39. The summed E-state index contributed by atoms with van der Waals surface area (Å²) in [6, 6.07) is 17.2. The molecule has 10 heteroatoms. The molecule has 0 bridgehead atoms. The number of primary sulfonamides is 1. The Balaban J connectivity index is 2.01. The van der Waals surface area contributed by atoms with Crippen LogP contribution in [0.3, 0.4) is 0 Å². The van der Waals surface area contributed by atoms with Crippen molar-refractivity contribution < 1.29 is 26.3 Å². The topological polar surface area (TPSA) is 75.9 Å². The van der Waals surface area contributed by atoms with E-state index in [1.807, 2.05) is 0 Å². The first-order chi connectivity index (χ1) is 17.0. The van der Waals surface area contributed by atoms with E-state index in [1.165, 1.54) is 41.4 Å². The van der Waals surface area contributed by atoms with Crippen LogP contribution in [-0.4, -0.2) is 27.7 Å². The minimum Gasteiger partial charge on any atom is -0.496 e. The van der Waals surface area contributed by atoms with Crippen LogP contribution in [0.25, 0.3) is 5.70 Å². The molecule has 1 heterocycles. The van der Waals surface area contributed by atoms with Gasteiger partial charge in [0, 0.05) is 5.56 Å². The van der Waals surface area contributed by atoms with E-state index < -0.39 is 22.2 Å². The summed E-state index contributed by atoms with van der Waals surface area (Å²) in [7, 11) is -2.48. The van der Waals surface area contributed by atoms with Gasteiger partial charge in [0.1, 0.15) is 5.75 Å². The molecule has 190 valence electrons. The molecule has 1 atom stereocenters. The standard InChI is InChI=1S/C26H26F3N3O3S/c1-4-22-24(18-8-6-5-7-9-18)31(19-10-13-21(14-11-19)36(30,33)34)32(25(22)26(27,28)29)20-12-15-23(35-3)17(2)16-20/h5-16,25H,4H2,1-3H3,(H2,30,33,34). The lowest BCUT2D eigenvalue weighted by atomic mass is 9.98. The van der Waals surface area contributed by atoms with Gasteiger partial charge in [0.15, 0.2) is 6.04 Å². The van der Waals surface area contributed by atoms with E-state index in [0.29, 0.717) is 33.9 Å². The van der Waals surface area contributed by atoms with Gasteiger partial charge in [-0.05, 0) is 66.9 Å². The molecule has 0 aliphatic carbocycles. The first kappa shape index (κ1) is 25.6. The number of anilines is 2. The highest BCUT2D eigenvalue weighted by molar-refractivity contribution is 7.89. The number of hydrogen-bond donors (Lipinski definition) is 1. The Bertz CT molecular complexity index is 1390. The van der Waals surface area contributed by atoms with Gasteiger partial charge in [0.05, 0.1) is 29.1 Å². The fourth-order valence-corrected chi connectivity index (χ4v) is 5.05. The second kappa shape index (κ2) is 9.51. The molecule has 36 heavy (non-hydrogen) atoms. The van der Waals surface area contributed by atoms with Crippen LogP contribution in [0.2, 0.25) is 0 Å². The molecule has 1 aliphatic heterocycles. The number of nitrogens with zero attached hydrogens (tertiary/aromatic N) is 2. The van der Waals surface area contributed by atoms with Gasteiger partial charge < -0.3 is 4.74 Å². The summed E-state index contributed by atoms with van der Waals surface area (Å²) in [5.74, 6) is 0.553. The normalized spacial score (nSPS) is 16.6. The van der Waals surface area contributed by atoms with Gasteiger partial charge in [0.25, 0.3) is 0 Å². The number of methoxy groups -OCH3 is 1. The molecule has 0 aromatic heterocycles. The first-order valence-corrected chi connectivity index (χ1v) is 12.7. The summed E-state index contributed by atoms with van der Waals surface area (Å²) in [6.45, 7) is 3.46. The minimum atomic E-state index is -4.60. The number of hydrogen-bond acceptors (Lipinski definition) is 5. The Labute approximate surface area is 208 Å². The van der Waals surface area contributed by atoms with Gasteiger partial charge in [-0.1, -0.05) is 37.3 Å². The molecule has 3 aromatic carbocycles. The minimum absolute atomic E-state index is 0.134. The van der Waals surface area contributed by atoms with Gasteiger partial charge in [-0.15, -0.1) is 0 Å². The van der Waals surface area contributed by atoms with Crippen molar-refractivity contribution in [2.75, 3.05) is 17.1 Å². The molecule has 0 saturated carbocycles. The van der Waals surface area contributed by atoms with E-state index in [1.54, 1.807) is 62.4 Å². The third-order valence-electron chi connectivity index (χ3n) is 6.10. The zero-order chi connectivity index (χ0) is 26.3. The average molecular weight is 518 g/mol. The van der Waals surface area contributed by atoms with Crippen LogP contribution >= 0.6 is 0 Å². The quantitative estimate of drug-likeness (QED) is 0.458. The van der Waals surface area contributed by atoms with Gasteiger partial charge in [-0.2, -0.15) is 13.2 Å². The predicted octanol–water partition coefficient (Wildman–Crippen LogP) is 5.64. The summed E-state index contributed by atoms with van der Waals surface area (Å²) in [6.07, 6.45) is -4.46. The first-order valence-electron chi connectivity index (χ1n) is 11.2. The molecule has 3 aromatic rings. The zero-order valence-electron chi connectivity index (χ0n) is 20.0. The molecular formula is C26H26F3N3O3S. The van der Waals surface area contributed by atoms with E-state index in [2.05, 4.69) is 0 Å². The summed E-state index contributed by atoms with van der Waals surface area (Å²) < 4.78 is 73.2. The van der Waals surface area contributed by atoms with Crippen molar-refractivity contribution in [2.24, 2.45) is 5.14 Å². The van der Waals surface area contributed by atoms with Crippen molar-refractivity contribution in [3.05, 3.63) is 89.5 Å². The number of alkyl halides is 3. The molecule has 0 saturated heterocycles. The van der Waals surface area contributed by atoms with Crippen LogP contribution < -0.4 is 19.9 Å². The SMILES string of the molecule is CCC1=C(c2ccccc2)N(c2ccc(S(N)(=O)=O)cc2)N(c2ccc(OC)c(C)c2)C1C(F)(F)F. The van der Waals surface area contributed by atoms with Crippen molar-refractivity contribution in [3.63, 3.8) is 0 Å². The number of hydrazine groups is 1. The highest BCUT2D eigenvalue weighted by Crippen LogP contribution is 2.48. The van der Waals surface area contributed by atoms with Gasteiger partial charge in [0.2, 0.25) is 10.0 Å². The van der Waals surface area contributed by atoms with Crippen molar-refractivity contribution >= 4 is 27.1 Å².